The molecule has 0 bridgehead atoms. The Balaban J connectivity index is 1.61. The second-order valence-corrected chi connectivity index (χ2v) is 8.16. The summed E-state index contributed by atoms with van der Waals surface area (Å²) in [6.07, 6.45) is 4.87. The molecule has 5 heteroatoms. The second-order valence-electron chi connectivity index (χ2n) is 7.75. The van der Waals surface area contributed by atoms with Gasteiger partial charge in [0.1, 0.15) is 5.75 Å². The van der Waals surface area contributed by atoms with Gasteiger partial charge in [-0.05, 0) is 66.9 Å². The number of methoxy groups -OCH3 is 1. The number of para-hydroxylation sites is 1. The first-order valence-corrected chi connectivity index (χ1v) is 10.6. The SMILES string of the molecule is COc1ccccc1Cc1c(C2CCC(c3ccccc3)CC2)[nH]c(=S)[nH]c1=O. The van der Waals surface area contributed by atoms with Crippen molar-refractivity contribution in [1.29, 1.82) is 0 Å². The fourth-order valence-electron chi connectivity index (χ4n) is 4.53. The van der Waals surface area contributed by atoms with E-state index >= 15 is 0 Å². The van der Waals surface area contributed by atoms with Gasteiger partial charge in [0, 0.05) is 17.7 Å². The summed E-state index contributed by atoms with van der Waals surface area (Å²) in [5, 5.41) is 0. The van der Waals surface area contributed by atoms with Crippen LogP contribution in [0, 0.1) is 4.77 Å². The lowest BCUT2D eigenvalue weighted by Crippen LogP contribution is -2.22. The minimum absolute atomic E-state index is 0.0974. The van der Waals surface area contributed by atoms with Crippen LogP contribution in [-0.2, 0) is 6.42 Å². The zero-order valence-electron chi connectivity index (χ0n) is 16.6. The quantitative estimate of drug-likeness (QED) is 0.552. The van der Waals surface area contributed by atoms with Gasteiger partial charge in [0.2, 0.25) is 0 Å². The van der Waals surface area contributed by atoms with Crippen LogP contribution < -0.4 is 10.3 Å². The van der Waals surface area contributed by atoms with Gasteiger partial charge in [-0.3, -0.25) is 9.78 Å². The van der Waals surface area contributed by atoms with Crippen molar-refractivity contribution in [3.63, 3.8) is 0 Å². The number of rotatable bonds is 5. The maximum absolute atomic E-state index is 12.8. The molecule has 0 amide bonds. The largest absolute Gasteiger partial charge is 0.496 e. The van der Waals surface area contributed by atoms with Crippen LogP contribution in [0.15, 0.2) is 59.4 Å². The average molecular weight is 407 g/mol. The number of hydrogen-bond donors (Lipinski definition) is 2. The van der Waals surface area contributed by atoms with Crippen LogP contribution in [0.4, 0.5) is 0 Å². The number of H-pyrrole nitrogens is 2. The minimum atomic E-state index is -0.0974. The van der Waals surface area contributed by atoms with Crippen LogP contribution >= 0.6 is 12.2 Å². The molecule has 0 spiro atoms. The Morgan fingerprint density at radius 1 is 0.931 bits per heavy atom. The van der Waals surface area contributed by atoms with Crippen molar-refractivity contribution in [2.75, 3.05) is 7.11 Å². The van der Waals surface area contributed by atoms with Crippen LogP contribution in [0.3, 0.4) is 0 Å². The van der Waals surface area contributed by atoms with Crippen LogP contribution in [0.5, 0.6) is 5.75 Å². The summed E-state index contributed by atoms with van der Waals surface area (Å²) in [6.45, 7) is 0. The molecule has 1 aromatic heterocycles. The molecule has 3 aromatic rings. The topological polar surface area (TPSA) is 57.9 Å². The van der Waals surface area contributed by atoms with Crippen molar-refractivity contribution in [3.8, 4) is 5.75 Å². The Morgan fingerprint density at radius 3 is 2.31 bits per heavy atom. The molecular weight excluding hydrogens is 380 g/mol. The highest BCUT2D eigenvalue weighted by atomic mass is 32.1. The van der Waals surface area contributed by atoms with Crippen LogP contribution in [0.1, 0.15) is 59.9 Å². The molecule has 0 saturated heterocycles. The predicted octanol–water partition coefficient (Wildman–Crippen LogP) is 5.47. The minimum Gasteiger partial charge on any atom is -0.496 e. The molecule has 4 nitrogen and oxygen atoms in total. The number of nitrogens with one attached hydrogen (secondary N) is 2. The molecule has 0 unspecified atom stereocenters. The van der Waals surface area contributed by atoms with Gasteiger partial charge in [-0.25, -0.2) is 0 Å². The van der Waals surface area contributed by atoms with E-state index in [0.717, 1.165) is 48.3 Å². The zero-order valence-corrected chi connectivity index (χ0v) is 17.4. The molecule has 2 aromatic carbocycles. The molecule has 1 fully saturated rings. The maximum atomic E-state index is 12.8. The monoisotopic (exact) mass is 406 g/mol. The number of benzene rings is 2. The molecule has 150 valence electrons. The lowest BCUT2D eigenvalue weighted by atomic mass is 9.76. The van der Waals surface area contributed by atoms with Gasteiger partial charge in [-0.15, -0.1) is 0 Å². The van der Waals surface area contributed by atoms with Crippen molar-refractivity contribution in [2.24, 2.45) is 0 Å². The fraction of sp³-hybridized carbons (Fsp3) is 0.333. The first kappa shape index (κ1) is 19.6. The van der Waals surface area contributed by atoms with E-state index in [4.69, 9.17) is 17.0 Å². The Bertz CT molecular complexity index is 1080. The molecule has 1 aliphatic rings. The van der Waals surface area contributed by atoms with Gasteiger partial charge in [0.05, 0.1) is 7.11 Å². The number of hydrogen-bond acceptors (Lipinski definition) is 3. The summed E-state index contributed by atoms with van der Waals surface area (Å²) >= 11 is 5.29. The van der Waals surface area contributed by atoms with Gasteiger partial charge in [-0.2, -0.15) is 0 Å². The Kier molecular flexibility index (Phi) is 5.95. The van der Waals surface area contributed by atoms with Crippen LogP contribution in [0.2, 0.25) is 0 Å². The van der Waals surface area contributed by atoms with E-state index in [1.54, 1.807) is 7.11 Å². The third-order valence-electron chi connectivity index (χ3n) is 6.04. The van der Waals surface area contributed by atoms with Gasteiger partial charge in [0.15, 0.2) is 4.77 Å². The van der Waals surface area contributed by atoms with Crippen molar-refractivity contribution >= 4 is 12.2 Å². The standard InChI is InChI=1S/C24H26N2O2S/c1-28-21-10-6-5-9-19(21)15-20-22(25-24(29)26-23(20)27)18-13-11-17(12-14-18)16-7-3-2-4-8-16/h2-10,17-18H,11-15H2,1H3,(H2,25,26,27,29). The van der Waals surface area contributed by atoms with Crippen LogP contribution in [-0.4, -0.2) is 17.1 Å². The molecule has 1 saturated carbocycles. The van der Waals surface area contributed by atoms with Crippen molar-refractivity contribution < 1.29 is 4.74 Å². The first-order valence-electron chi connectivity index (χ1n) is 10.2. The lowest BCUT2D eigenvalue weighted by Gasteiger charge is -2.30. The van der Waals surface area contributed by atoms with E-state index in [-0.39, 0.29) is 5.56 Å². The van der Waals surface area contributed by atoms with E-state index < -0.39 is 0 Å². The van der Waals surface area contributed by atoms with E-state index in [0.29, 0.717) is 23.0 Å². The smallest absolute Gasteiger partial charge is 0.255 e. The number of ether oxygens (including phenoxy) is 1. The molecule has 2 N–H and O–H groups in total. The van der Waals surface area contributed by atoms with E-state index in [9.17, 15) is 4.79 Å². The van der Waals surface area contributed by atoms with Gasteiger partial charge in [0.25, 0.3) is 5.56 Å². The van der Waals surface area contributed by atoms with Gasteiger partial charge in [-0.1, -0.05) is 48.5 Å². The van der Waals surface area contributed by atoms with Crippen LogP contribution in [0.25, 0.3) is 0 Å². The molecule has 4 rings (SSSR count). The molecule has 0 aliphatic heterocycles. The zero-order chi connectivity index (χ0) is 20.2. The Labute approximate surface area is 176 Å². The van der Waals surface area contributed by atoms with E-state index in [2.05, 4.69) is 40.3 Å². The highest BCUT2D eigenvalue weighted by Crippen LogP contribution is 2.40. The summed E-state index contributed by atoms with van der Waals surface area (Å²) in [6, 6.07) is 18.6. The molecular formula is C24H26N2O2S. The second kappa shape index (κ2) is 8.78. The van der Waals surface area contributed by atoms with Gasteiger partial charge < -0.3 is 9.72 Å². The number of aromatic amines is 2. The third-order valence-corrected chi connectivity index (χ3v) is 6.24. The fourth-order valence-corrected chi connectivity index (χ4v) is 4.74. The van der Waals surface area contributed by atoms with Gasteiger partial charge >= 0.3 is 0 Å². The van der Waals surface area contributed by atoms with E-state index in [1.165, 1.54) is 5.56 Å². The molecule has 1 aliphatic carbocycles. The third kappa shape index (κ3) is 4.35. The molecule has 1 heterocycles. The molecule has 0 radical (unpaired) electrons. The van der Waals surface area contributed by atoms with Crippen molar-refractivity contribution in [2.45, 2.75) is 43.9 Å². The highest BCUT2D eigenvalue weighted by molar-refractivity contribution is 7.71. The van der Waals surface area contributed by atoms with Crippen molar-refractivity contribution in [3.05, 3.63) is 92.1 Å². The average Bonchev–Trinajstić information content (AvgIpc) is 2.76. The van der Waals surface area contributed by atoms with Crippen molar-refractivity contribution in [1.82, 2.24) is 9.97 Å². The summed E-state index contributed by atoms with van der Waals surface area (Å²) < 4.78 is 5.89. The summed E-state index contributed by atoms with van der Waals surface area (Å²) in [5.41, 5.74) is 4.09. The first-order chi connectivity index (χ1) is 14.2. The normalized spacial score (nSPS) is 19.1. The Hall–Kier alpha value is -2.66. The maximum Gasteiger partial charge on any atom is 0.255 e. The summed E-state index contributed by atoms with van der Waals surface area (Å²) in [5.74, 6) is 1.71. The Morgan fingerprint density at radius 2 is 1.59 bits per heavy atom. The lowest BCUT2D eigenvalue weighted by molar-refractivity contribution is 0.388. The molecule has 0 atom stereocenters. The predicted molar refractivity (Wildman–Crippen MR) is 118 cm³/mol. The number of aromatic nitrogens is 2. The van der Waals surface area contributed by atoms with E-state index in [1.807, 2.05) is 24.3 Å². The summed E-state index contributed by atoms with van der Waals surface area (Å²) in [7, 11) is 1.66. The highest BCUT2D eigenvalue weighted by Gasteiger charge is 2.26. The molecule has 29 heavy (non-hydrogen) atoms. The summed E-state index contributed by atoms with van der Waals surface area (Å²) in [4.78, 5) is 18.9.